The molecule has 0 aromatic heterocycles. The lowest BCUT2D eigenvalue weighted by molar-refractivity contribution is -0.142. The van der Waals surface area contributed by atoms with Crippen LogP contribution in [0.2, 0.25) is 0 Å². The van der Waals surface area contributed by atoms with E-state index >= 15 is 0 Å². The van der Waals surface area contributed by atoms with Gasteiger partial charge in [-0.15, -0.1) is 0 Å². The topological polar surface area (TPSA) is 69.7 Å². The van der Waals surface area contributed by atoms with Gasteiger partial charge in [-0.3, -0.25) is 14.4 Å². The fourth-order valence-electron chi connectivity index (χ4n) is 2.48. The number of carbonyl (C=O) groups excluding carboxylic acids is 3. The number of esters is 1. The fraction of sp³-hybridized carbons (Fsp3) is 0.318. The van der Waals surface area contributed by atoms with Gasteiger partial charge < -0.3 is 9.47 Å². The van der Waals surface area contributed by atoms with E-state index in [1.807, 2.05) is 32.9 Å². The first-order valence-electron chi connectivity index (χ1n) is 8.93. The highest BCUT2D eigenvalue weighted by atomic mass is 16.5. The number of ketones is 2. The molecule has 2 aromatic rings. The smallest absolute Gasteiger partial charge is 0.306 e. The lowest BCUT2D eigenvalue weighted by Gasteiger charge is -2.07. The van der Waals surface area contributed by atoms with E-state index in [0.717, 1.165) is 11.1 Å². The molecule has 5 heteroatoms. The van der Waals surface area contributed by atoms with E-state index in [-0.39, 0.29) is 31.0 Å². The van der Waals surface area contributed by atoms with Crippen LogP contribution in [0.1, 0.15) is 51.6 Å². The van der Waals surface area contributed by atoms with Crippen LogP contribution in [0.4, 0.5) is 0 Å². The molecule has 5 nitrogen and oxygen atoms in total. The van der Waals surface area contributed by atoms with Gasteiger partial charge in [0.05, 0.1) is 13.0 Å². The third kappa shape index (κ3) is 6.06. The molecule has 0 radical (unpaired) electrons. The first-order chi connectivity index (χ1) is 12.9. The molecule has 0 saturated carbocycles. The minimum Gasteiger partial charge on any atom is -0.494 e. The Morgan fingerprint density at radius 3 is 2.11 bits per heavy atom. The zero-order valence-corrected chi connectivity index (χ0v) is 15.9. The van der Waals surface area contributed by atoms with Crippen molar-refractivity contribution in [3.63, 3.8) is 0 Å². The maximum absolute atomic E-state index is 12.2. The predicted molar refractivity (Wildman–Crippen MR) is 102 cm³/mol. The molecule has 0 aliphatic carbocycles. The molecule has 0 aliphatic heterocycles. The Bertz CT molecular complexity index is 821. The normalized spacial score (nSPS) is 10.3. The van der Waals surface area contributed by atoms with Crippen molar-refractivity contribution in [2.24, 2.45) is 0 Å². The largest absolute Gasteiger partial charge is 0.494 e. The summed E-state index contributed by atoms with van der Waals surface area (Å²) in [6, 6.07) is 12.1. The molecule has 0 atom stereocenters. The highest BCUT2D eigenvalue weighted by molar-refractivity contribution is 5.99. The van der Waals surface area contributed by atoms with Crippen molar-refractivity contribution in [3.05, 3.63) is 64.7 Å². The third-order valence-electron chi connectivity index (χ3n) is 4.24. The Labute approximate surface area is 159 Å². The third-order valence-corrected chi connectivity index (χ3v) is 4.24. The number of Topliss-reactive ketones (excluding diaryl/α,β-unsaturated/α-hetero) is 2. The maximum Gasteiger partial charge on any atom is 0.306 e. The van der Waals surface area contributed by atoms with Crippen LogP contribution in [0.25, 0.3) is 0 Å². The molecule has 0 N–H and O–H groups in total. The molecule has 0 saturated heterocycles. The molecule has 0 amide bonds. The van der Waals surface area contributed by atoms with E-state index in [1.54, 1.807) is 30.3 Å². The van der Waals surface area contributed by atoms with Crippen molar-refractivity contribution in [1.29, 1.82) is 0 Å². The Kier molecular flexibility index (Phi) is 7.29. The highest BCUT2D eigenvalue weighted by Crippen LogP contribution is 2.14. The highest BCUT2D eigenvalue weighted by Gasteiger charge is 2.13. The van der Waals surface area contributed by atoms with Crippen molar-refractivity contribution >= 4 is 17.5 Å². The molecule has 142 valence electrons. The summed E-state index contributed by atoms with van der Waals surface area (Å²) in [6.07, 6.45) is 0.000886. The molecule has 0 spiro atoms. The summed E-state index contributed by atoms with van der Waals surface area (Å²) in [7, 11) is 0. The molecule has 0 heterocycles. The van der Waals surface area contributed by atoms with Crippen molar-refractivity contribution < 1.29 is 23.9 Å². The van der Waals surface area contributed by atoms with Gasteiger partial charge in [0.25, 0.3) is 0 Å². The van der Waals surface area contributed by atoms with Crippen molar-refractivity contribution in [3.8, 4) is 5.75 Å². The first-order valence-corrected chi connectivity index (χ1v) is 8.93. The molecule has 27 heavy (non-hydrogen) atoms. The molecule has 2 rings (SSSR count). The average Bonchev–Trinajstić information content (AvgIpc) is 2.67. The fourth-order valence-corrected chi connectivity index (χ4v) is 2.48. The molecule has 0 bridgehead atoms. The van der Waals surface area contributed by atoms with Crippen LogP contribution in [0.3, 0.4) is 0 Å². The molecular formula is C22H24O5. The number of hydrogen-bond acceptors (Lipinski definition) is 5. The number of carbonyl (C=O) groups is 3. The van der Waals surface area contributed by atoms with Gasteiger partial charge in [0, 0.05) is 17.5 Å². The summed E-state index contributed by atoms with van der Waals surface area (Å²) < 4.78 is 10.3. The van der Waals surface area contributed by atoms with Gasteiger partial charge in [0.1, 0.15) is 5.75 Å². The van der Waals surface area contributed by atoms with Crippen molar-refractivity contribution in [2.45, 2.75) is 33.6 Å². The van der Waals surface area contributed by atoms with Crippen molar-refractivity contribution in [1.82, 2.24) is 0 Å². The molecule has 0 aliphatic rings. The number of aryl methyl sites for hydroxylation is 2. The number of hydrogen-bond donors (Lipinski definition) is 0. The zero-order chi connectivity index (χ0) is 19.8. The summed E-state index contributed by atoms with van der Waals surface area (Å²) in [5, 5.41) is 0. The summed E-state index contributed by atoms with van der Waals surface area (Å²) >= 11 is 0. The summed E-state index contributed by atoms with van der Waals surface area (Å²) in [4.78, 5) is 36.1. The van der Waals surface area contributed by atoms with E-state index in [4.69, 9.17) is 9.47 Å². The quantitative estimate of drug-likeness (QED) is 0.492. The van der Waals surface area contributed by atoms with Gasteiger partial charge in [-0.1, -0.05) is 12.1 Å². The van der Waals surface area contributed by atoms with E-state index in [0.29, 0.717) is 23.5 Å². The minimum absolute atomic E-state index is 0.0533. The Balaban J connectivity index is 1.79. The van der Waals surface area contributed by atoms with Gasteiger partial charge in [-0.25, -0.2) is 0 Å². The summed E-state index contributed by atoms with van der Waals surface area (Å²) in [6.45, 7) is 5.99. The van der Waals surface area contributed by atoms with Gasteiger partial charge in [-0.05, 0) is 62.2 Å². The number of ether oxygens (including phenoxy) is 2. The Hall–Kier alpha value is -2.95. The second kappa shape index (κ2) is 9.67. The van der Waals surface area contributed by atoms with Crippen LogP contribution in [0, 0.1) is 13.8 Å². The Morgan fingerprint density at radius 2 is 1.48 bits per heavy atom. The zero-order valence-electron chi connectivity index (χ0n) is 15.9. The van der Waals surface area contributed by atoms with E-state index in [9.17, 15) is 14.4 Å². The van der Waals surface area contributed by atoms with E-state index < -0.39 is 5.97 Å². The SMILES string of the molecule is CCOc1ccc(C(=O)COC(=O)CCC(=O)c2ccc(C)c(C)c2)cc1. The number of benzene rings is 2. The van der Waals surface area contributed by atoms with Crippen LogP contribution >= 0.6 is 0 Å². The second-order valence-electron chi connectivity index (χ2n) is 6.26. The van der Waals surface area contributed by atoms with Crippen LogP contribution in [0.5, 0.6) is 5.75 Å². The van der Waals surface area contributed by atoms with Crippen LogP contribution < -0.4 is 4.74 Å². The van der Waals surface area contributed by atoms with E-state index in [1.165, 1.54) is 0 Å². The van der Waals surface area contributed by atoms with Gasteiger partial charge in [-0.2, -0.15) is 0 Å². The molecule has 2 aromatic carbocycles. The second-order valence-corrected chi connectivity index (χ2v) is 6.26. The lowest BCUT2D eigenvalue weighted by Crippen LogP contribution is -2.15. The number of rotatable bonds is 9. The van der Waals surface area contributed by atoms with Crippen LogP contribution in [-0.4, -0.2) is 30.7 Å². The summed E-state index contributed by atoms with van der Waals surface area (Å²) in [5.74, 6) is -0.304. The van der Waals surface area contributed by atoms with Crippen LogP contribution in [-0.2, 0) is 9.53 Å². The van der Waals surface area contributed by atoms with Gasteiger partial charge in [0.2, 0.25) is 0 Å². The Morgan fingerprint density at radius 1 is 0.815 bits per heavy atom. The molecular weight excluding hydrogens is 344 g/mol. The summed E-state index contributed by atoms with van der Waals surface area (Å²) in [5.41, 5.74) is 3.16. The molecule has 0 unspecified atom stereocenters. The predicted octanol–water partition coefficient (Wildman–Crippen LogP) is 4.09. The lowest BCUT2D eigenvalue weighted by atomic mass is 10.0. The monoisotopic (exact) mass is 368 g/mol. The first kappa shape index (κ1) is 20.4. The average molecular weight is 368 g/mol. The van der Waals surface area contributed by atoms with E-state index in [2.05, 4.69) is 0 Å². The minimum atomic E-state index is -0.563. The maximum atomic E-state index is 12.2. The van der Waals surface area contributed by atoms with Crippen molar-refractivity contribution in [2.75, 3.05) is 13.2 Å². The molecule has 0 fully saturated rings. The van der Waals surface area contributed by atoms with Gasteiger partial charge in [0.15, 0.2) is 18.2 Å². The standard InChI is InChI=1S/C22H24O5/c1-4-26-19-9-7-17(8-10-19)21(24)14-27-22(25)12-11-20(23)18-6-5-15(2)16(3)13-18/h5-10,13H,4,11-12,14H2,1-3H3. The van der Waals surface area contributed by atoms with Gasteiger partial charge >= 0.3 is 5.97 Å². The van der Waals surface area contributed by atoms with Crippen LogP contribution in [0.15, 0.2) is 42.5 Å².